The van der Waals surface area contributed by atoms with Crippen molar-refractivity contribution in [3.8, 4) is 5.75 Å². The van der Waals surface area contributed by atoms with E-state index in [9.17, 15) is 0 Å². The number of aryl methyl sites for hydroxylation is 2. The summed E-state index contributed by atoms with van der Waals surface area (Å²) in [5.74, 6) is 0.844. The van der Waals surface area contributed by atoms with Gasteiger partial charge in [0.1, 0.15) is 12.4 Å². The quantitative estimate of drug-likeness (QED) is 0.873. The minimum absolute atomic E-state index is 0.677. The molecule has 0 spiro atoms. The molecule has 1 heterocycles. The maximum atomic E-state index is 5.81. The maximum absolute atomic E-state index is 5.81. The molecule has 1 aliphatic rings. The number of anilines is 2. The van der Waals surface area contributed by atoms with Crippen molar-refractivity contribution < 1.29 is 4.74 Å². The molecule has 3 rings (SSSR count). The van der Waals surface area contributed by atoms with Gasteiger partial charge in [0.15, 0.2) is 0 Å². The van der Waals surface area contributed by atoms with E-state index >= 15 is 0 Å². The van der Waals surface area contributed by atoms with E-state index in [1.54, 1.807) is 0 Å². The largest absolute Gasteiger partial charge is 0.492 e. The van der Waals surface area contributed by atoms with Crippen molar-refractivity contribution in [3.05, 3.63) is 53.6 Å². The summed E-state index contributed by atoms with van der Waals surface area (Å²) in [6, 6.07) is 14.3. The molecule has 110 valence electrons. The van der Waals surface area contributed by atoms with Crippen molar-refractivity contribution in [2.75, 3.05) is 30.3 Å². The van der Waals surface area contributed by atoms with Gasteiger partial charge in [-0.2, -0.15) is 0 Å². The average molecular weight is 282 g/mol. The Kier molecular flexibility index (Phi) is 4.00. The lowest BCUT2D eigenvalue weighted by Crippen LogP contribution is -2.33. The molecule has 2 aromatic carbocycles. The SMILES string of the molecule is Cc1ccc2c(c1)CCCN2CCOc1cccc(N)c1. The summed E-state index contributed by atoms with van der Waals surface area (Å²) in [5.41, 5.74) is 10.7. The second-order valence-corrected chi connectivity index (χ2v) is 5.64. The third kappa shape index (κ3) is 3.30. The van der Waals surface area contributed by atoms with Gasteiger partial charge in [0.25, 0.3) is 0 Å². The second-order valence-electron chi connectivity index (χ2n) is 5.64. The molecule has 0 bridgehead atoms. The second kappa shape index (κ2) is 6.08. The van der Waals surface area contributed by atoms with Crippen molar-refractivity contribution in [1.29, 1.82) is 0 Å². The summed E-state index contributed by atoms with van der Waals surface area (Å²) in [5, 5.41) is 0. The van der Waals surface area contributed by atoms with Gasteiger partial charge in [0.05, 0.1) is 6.54 Å². The van der Waals surface area contributed by atoms with Gasteiger partial charge < -0.3 is 15.4 Å². The summed E-state index contributed by atoms with van der Waals surface area (Å²) in [4.78, 5) is 2.42. The molecule has 0 saturated carbocycles. The lowest BCUT2D eigenvalue weighted by atomic mass is 10.00. The fraction of sp³-hybridized carbons (Fsp3) is 0.333. The molecular weight excluding hydrogens is 260 g/mol. The van der Waals surface area contributed by atoms with Crippen LogP contribution in [0, 0.1) is 6.92 Å². The first-order valence-corrected chi connectivity index (χ1v) is 7.55. The van der Waals surface area contributed by atoms with Gasteiger partial charge in [0, 0.05) is 24.0 Å². The molecule has 21 heavy (non-hydrogen) atoms. The Morgan fingerprint density at radius 2 is 2.10 bits per heavy atom. The van der Waals surface area contributed by atoms with Crippen LogP contribution in [0.25, 0.3) is 0 Å². The Balaban J connectivity index is 1.62. The highest BCUT2D eigenvalue weighted by atomic mass is 16.5. The highest BCUT2D eigenvalue weighted by Crippen LogP contribution is 2.27. The van der Waals surface area contributed by atoms with Gasteiger partial charge in [-0.1, -0.05) is 23.8 Å². The molecule has 1 aliphatic heterocycles. The van der Waals surface area contributed by atoms with Crippen molar-refractivity contribution in [1.82, 2.24) is 0 Å². The number of rotatable bonds is 4. The van der Waals surface area contributed by atoms with Gasteiger partial charge >= 0.3 is 0 Å². The molecule has 0 radical (unpaired) electrons. The first kappa shape index (κ1) is 13.8. The van der Waals surface area contributed by atoms with Crippen LogP contribution in [-0.2, 0) is 6.42 Å². The molecule has 2 N–H and O–H groups in total. The molecule has 3 nitrogen and oxygen atoms in total. The molecule has 0 amide bonds. The fourth-order valence-electron chi connectivity index (χ4n) is 2.91. The van der Waals surface area contributed by atoms with Crippen LogP contribution >= 0.6 is 0 Å². The topological polar surface area (TPSA) is 38.5 Å². The van der Waals surface area contributed by atoms with Crippen LogP contribution in [0.15, 0.2) is 42.5 Å². The summed E-state index contributed by atoms with van der Waals surface area (Å²) >= 11 is 0. The van der Waals surface area contributed by atoms with Crippen LogP contribution in [0.2, 0.25) is 0 Å². The summed E-state index contributed by atoms with van der Waals surface area (Å²) in [6.45, 7) is 4.85. The highest BCUT2D eigenvalue weighted by Gasteiger charge is 2.16. The number of hydrogen-bond acceptors (Lipinski definition) is 3. The molecule has 0 aliphatic carbocycles. The number of nitrogens with zero attached hydrogens (tertiary/aromatic N) is 1. The van der Waals surface area contributed by atoms with Crippen LogP contribution < -0.4 is 15.4 Å². The van der Waals surface area contributed by atoms with E-state index in [-0.39, 0.29) is 0 Å². The molecule has 0 saturated heterocycles. The van der Waals surface area contributed by atoms with Crippen LogP contribution in [0.3, 0.4) is 0 Å². The highest BCUT2D eigenvalue weighted by molar-refractivity contribution is 5.56. The van der Waals surface area contributed by atoms with E-state index in [0.717, 1.165) is 24.5 Å². The predicted octanol–water partition coefficient (Wildman–Crippen LogP) is 3.41. The van der Waals surface area contributed by atoms with Gasteiger partial charge in [0.2, 0.25) is 0 Å². The third-order valence-electron chi connectivity index (χ3n) is 3.94. The molecule has 0 fully saturated rings. The monoisotopic (exact) mass is 282 g/mol. The molecular formula is C18H22N2O. The number of ether oxygens (including phenoxy) is 1. The molecule has 3 heteroatoms. The first-order chi connectivity index (χ1) is 10.2. The lowest BCUT2D eigenvalue weighted by Gasteiger charge is -2.31. The number of hydrogen-bond donors (Lipinski definition) is 1. The van der Waals surface area contributed by atoms with E-state index in [0.29, 0.717) is 6.61 Å². The van der Waals surface area contributed by atoms with Crippen molar-refractivity contribution >= 4 is 11.4 Å². The summed E-state index contributed by atoms with van der Waals surface area (Å²) in [6.07, 6.45) is 2.40. The normalized spacial score (nSPS) is 13.9. The van der Waals surface area contributed by atoms with E-state index in [1.165, 1.54) is 29.7 Å². The van der Waals surface area contributed by atoms with Crippen LogP contribution in [0.5, 0.6) is 5.75 Å². The lowest BCUT2D eigenvalue weighted by molar-refractivity contribution is 0.323. The molecule has 0 aromatic heterocycles. The number of nitrogen functional groups attached to an aromatic ring is 1. The summed E-state index contributed by atoms with van der Waals surface area (Å²) < 4.78 is 5.81. The van der Waals surface area contributed by atoms with E-state index in [1.807, 2.05) is 24.3 Å². The molecule has 0 unspecified atom stereocenters. The van der Waals surface area contributed by atoms with Crippen LogP contribution in [0.4, 0.5) is 11.4 Å². The number of fused-ring (bicyclic) bond motifs is 1. The Labute approximate surface area is 126 Å². The van der Waals surface area contributed by atoms with Crippen molar-refractivity contribution in [2.24, 2.45) is 0 Å². The van der Waals surface area contributed by atoms with Gasteiger partial charge in [-0.3, -0.25) is 0 Å². The fourth-order valence-corrected chi connectivity index (χ4v) is 2.91. The Morgan fingerprint density at radius 3 is 2.95 bits per heavy atom. The van der Waals surface area contributed by atoms with E-state index < -0.39 is 0 Å². The van der Waals surface area contributed by atoms with Gasteiger partial charge in [-0.15, -0.1) is 0 Å². The zero-order valence-corrected chi connectivity index (χ0v) is 12.5. The molecule has 2 aromatic rings. The maximum Gasteiger partial charge on any atom is 0.121 e. The number of nitrogens with two attached hydrogens (primary N) is 1. The first-order valence-electron chi connectivity index (χ1n) is 7.55. The Hall–Kier alpha value is -2.16. The van der Waals surface area contributed by atoms with Crippen molar-refractivity contribution in [3.63, 3.8) is 0 Å². The molecule has 0 atom stereocenters. The minimum atomic E-state index is 0.677. The standard InChI is InChI=1S/C18H22N2O/c1-14-7-8-18-15(12-14)4-3-9-20(18)10-11-21-17-6-2-5-16(19)13-17/h2,5-8,12-13H,3-4,9-11,19H2,1H3. The Bertz CT molecular complexity index is 624. The van der Waals surface area contributed by atoms with Gasteiger partial charge in [-0.25, -0.2) is 0 Å². The number of benzene rings is 2. The average Bonchev–Trinajstić information content (AvgIpc) is 2.47. The zero-order valence-electron chi connectivity index (χ0n) is 12.5. The predicted molar refractivity (Wildman–Crippen MR) is 88.1 cm³/mol. The van der Waals surface area contributed by atoms with Gasteiger partial charge in [-0.05, 0) is 43.5 Å². The summed E-state index contributed by atoms with van der Waals surface area (Å²) in [7, 11) is 0. The van der Waals surface area contributed by atoms with E-state index in [2.05, 4.69) is 30.0 Å². The van der Waals surface area contributed by atoms with Crippen LogP contribution in [-0.4, -0.2) is 19.7 Å². The third-order valence-corrected chi connectivity index (χ3v) is 3.94. The zero-order chi connectivity index (χ0) is 14.7. The van der Waals surface area contributed by atoms with Crippen LogP contribution in [0.1, 0.15) is 17.5 Å². The minimum Gasteiger partial charge on any atom is -0.492 e. The van der Waals surface area contributed by atoms with Crippen molar-refractivity contribution in [2.45, 2.75) is 19.8 Å². The van der Waals surface area contributed by atoms with E-state index in [4.69, 9.17) is 10.5 Å². The Morgan fingerprint density at radius 1 is 1.19 bits per heavy atom. The smallest absolute Gasteiger partial charge is 0.121 e.